The Kier molecular flexibility index (Phi) is 11.7. The molecule has 1 atom stereocenters. The number of anilines is 2. The molecule has 3 heterocycles. The molecule has 0 aliphatic carbocycles. The molecule has 2 aromatic heterocycles. The van der Waals surface area contributed by atoms with Crippen molar-refractivity contribution >= 4 is 69.6 Å². The van der Waals surface area contributed by atoms with Crippen LogP contribution < -0.4 is 16.0 Å². The van der Waals surface area contributed by atoms with E-state index in [9.17, 15) is 24.0 Å². The zero-order valence-corrected chi connectivity index (χ0v) is 30.4. The van der Waals surface area contributed by atoms with E-state index in [1.54, 1.807) is 99.3 Å². The van der Waals surface area contributed by atoms with Gasteiger partial charge in [0.2, 0.25) is 5.91 Å². The zero-order valence-electron chi connectivity index (χ0n) is 28.7. The molecule has 266 valence electrons. The van der Waals surface area contributed by atoms with E-state index in [0.717, 1.165) is 10.4 Å². The number of esters is 1. The number of thiophene rings is 1. The van der Waals surface area contributed by atoms with E-state index in [-0.39, 0.29) is 23.7 Å². The number of ether oxygens (including phenoxy) is 2. The van der Waals surface area contributed by atoms with Crippen LogP contribution in [0.2, 0.25) is 0 Å². The van der Waals surface area contributed by atoms with E-state index in [0.29, 0.717) is 39.9 Å². The molecule has 0 saturated heterocycles. The Morgan fingerprint density at radius 3 is 2.45 bits per heavy atom. The Labute approximate surface area is 303 Å². The minimum absolute atomic E-state index is 0.0288. The molecule has 0 radical (unpaired) electrons. The Morgan fingerprint density at radius 2 is 1.76 bits per heavy atom. The van der Waals surface area contributed by atoms with Gasteiger partial charge in [-0.15, -0.1) is 23.1 Å². The van der Waals surface area contributed by atoms with Crippen LogP contribution in [-0.4, -0.2) is 59.2 Å². The summed E-state index contributed by atoms with van der Waals surface area (Å²) in [6, 6.07) is 18.8. The average Bonchev–Trinajstić information content (AvgIpc) is 3.74. The van der Waals surface area contributed by atoms with Crippen molar-refractivity contribution < 1.29 is 37.9 Å². The summed E-state index contributed by atoms with van der Waals surface area (Å²) in [6.07, 6.45) is 2.85. The van der Waals surface area contributed by atoms with Gasteiger partial charge in [0.1, 0.15) is 22.1 Å². The number of carbonyl (C=O) groups excluding carboxylic acids is 5. The van der Waals surface area contributed by atoms with Crippen molar-refractivity contribution in [1.82, 2.24) is 10.2 Å². The first-order valence-electron chi connectivity index (χ1n) is 16.0. The number of furan rings is 1. The van der Waals surface area contributed by atoms with Crippen LogP contribution >= 0.6 is 23.1 Å². The average molecular weight is 731 g/mol. The van der Waals surface area contributed by atoms with E-state index in [4.69, 9.17) is 13.9 Å². The third-order valence-electron chi connectivity index (χ3n) is 7.47. The van der Waals surface area contributed by atoms with E-state index in [2.05, 4.69) is 16.0 Å². The monoisotopic (exact) mass is 730 g/mol. The van der Waals surface area contributed by atoms with Gasteiger partial charge in [0.25, 0.3) is 11.8 Å². The van der Waals surface area contributed by atoms with Crippen molar-refractivity contribution in [2.24, 2.45) is 0 Å². The molecule has 0 fully saturated rings. The number of nitrogens with one attached hydrogen (secondary N) is 3. The predicted octanol–water partition coefficient (Wildman–Crippen LogP) is 6.95. The molecule has 0 bridgehead atoms. The molecule has 5 rings (SSSR count). The van der Waals surface area contributed by atoms with E-state index in [1.807, 2.05) is 0 Å². The highest BCUT2D eigenvalue weighted by Gasteiger charge is 2.33. The lowest BCUT2D eigenvalue weighted by atomic mass is 10.0. The number of benzene rings is 2. The number of rotatable bonds is 10. The Balaban J connectivity index is 1.26. The summed E-state index contributed by atoms with van der Waals surface area (Å²) in [6.45, 7) is 7.72. The van der Waals surface area contributed by atoms with Crippen molar-refractivity contribution in [2.45, 2.75) is 56.4 Å². The minimum atomic E-state index is -0.650. The van der Waals surface area contributed by atoms with Crippen molar-refractivity contribution in [2.75, 3.05) is 24.3 Å². The second kappa shape index (κ2) is 16.1. The molecule has 4 amide bonds. The summed E-state index contributed by atoms with van der Waals surface area (Å²) in [5.74, 6) is -1.59. The first-order chi connectivity index (χ1) is 24.3. The van der Waals surface area contributed by atoms with Crippen LogP contribution in [0, 0.1) is 0 Å². The molecular formula is C37H38N4O8S2. The lowest BCUT2D eigenvalue weighted by Crippen LogP contribution is -2.39. The maximum atomic E-state index is 13.5. The molecule has 4 aromatic rings. The standard InChI is InChI=1S/C37H38N4O8S2/c1-22(31(42)40-34-30(35(45)47-5)27-16-17-41(21-29(27)51-34)36(46)49-37(2,3)4)50-26-15-9-13-24(19-26)38-33(44)28(20-25-14-10-18-48-25)39-32(43)23-11-7-6-8-12-23/h6-15,18-20,22H,16-17,21H2,1-5H3,(H,38,44)(H,39,43)(H,40,42)/b28-20-. The summed E-state index contributed by atoms with van der Waals surface area (Å²) in [5, 5.41) is 8.11. The highest BCUT2D eigenvalue weighted by Crippen LogP contribution is 2.38. The number of hydrogen-bond donors (Lipinski definition) is 3. The smallest absolute Gasteiger partial charge is 0.410 e. The lowest BCUT2D eigenvalue weighted by molar-refractivity contribution is -0.115. The van der Waals surface area contributed by atoms with Crippen molar-refractivity contribution in [1.29, 1.82) is 0 Å². The van der Waals surface area contributed by atoms with Crippen LogP contribution in [0.4, 0.5) is 15.5 Å². The second-order valence-corrected chi connectivity index (χ2v) is 15.0. The molecule has 1 unspecified atom stereocenters. The van der Waals surface area contributed by atoms with E-state index < -0.39 is 34.7 Å². The summed E-state index contributed by atoms with van der Waals surface area (Å²) >= 11 is 2.48. The van der Waals surface area contributed by atoms with Gasteiger partial charge in [-0.05, 0) is 82.1 Å². The van der Waals surface area contributed by atoms with Crippen LogP contribution in [0.3, 0.4) is 0 Å². The van der Waals surface area contributed by atoms with E-state index in [1.165, 1.54) is 42.5 Å². The third-order valence-corrected chi connectivity index (χ3v) is 9.69. The number of nitrogens with zero attached hydrogens (tertiary/aromatic N) is 1. The fourth-order valence-electron chi connectivity index (χ4n) is 5.07. The topological polar surface area (TPSA) is 156 Å². The largest absolute Gasteiger partial charge is 0.465 e. The van der Waals surface area contributed by atoms with Crippen LogP contribution in [0.5, 0.6) is 0 Å². The molecule has 2 aromatic carbocycles. The first-order valence-corrected chi connectivity index (χ1v) is 17.7. The van der Waals surface area contributed by atoms with Gasteiger partial charge in [-0.1, -0.05) is 24.3 Å². The van der Waals surface area contributed by atoms with Gasteiger partial charge in [0.05, 0.1) is 30.7 Å². The SMILES string of the molecule is COC(=O)c1c(NC(=O)C(C)Sc2cccc(NC(=O)/C(=C/c3ccco3)NC(=O)c3ccccc3)c2)sc2c1CCN(C(=O)OC(C)(C)C)C2. The number of amides is 4. The Bertz CT molecular complexity index is 1950. The van der Waals surface area contributed by atoms with Gasteiger partial charge in [0.15, 0.2) is 0 Å². The first kappa shape index (κ1) is 36.9. The van der Waals surface area contributed by atoms with Crippen LogP contribution in [0.1, 0.15) is 64.6 Å². The lowest BCUT2D eigenvalue weighted by Gasteiger charge is -2.30. The van der Waals surface area contributed by atoms with Crippen molar-refractivity contribution in [3.05, 3.63) is 106 Å². The van der Waals surface area contributed by atoms with Crippen molar-refractivity contribution in [3.8, 4) is 0 Å². The maximum absolute atomic E-state index is 13.5. The van der Waals surface area contributed by atoms with Gasteiger partial charge in [0, 0.05) is 33.6 Å². The molecule has 3 N–H and O–H groups in total. The Morgan fingerprint density at radius 1 is 1.00 bits per heavy atom. The highest BCUT2D eigenvalue weighted by atomic mass is 32.2. The van der Waals surface area contributed by atoms with E-state index >= 15 is 0 Å². The maximum Gasteiger partial charge on any atom is 0.410 e. The fourth-order valence-corrected chi connectivity index (χ4v) is 7.25. The molecule has 14 heteroatoms. The molecule has 1 aliphatic heterocycles. The van der Waals surface area contributed by atoms with Gasteiger partial charge >= 0.3 is 12.1 Å². The molecule has 51 heavy (non-hydrogen) atoms. The summed E-state index contributed by atoms with van der Waals surface area (Å²) < 4.78 is 15.9. The van der Waals surface area contributed by atoms with Crippen LogP contribution in [0.15, 0.2) is 88.0 Å². The van der Waals surface area contributed by atoms with Gasteiger partial charge < -0.3 is 34.7 Å². The molecule has 0 saturated carbocycles. The number of carbonyl (C=O) groups is 5. The summed E-state index contributed by atoms with van der Waals surface area (Å²) in [7, 11) is 1.28. The molecular weight excluding hydrogens is 693 g/mol. The van der Waals surface area contributed by atoms with Gasteiger partial charge in [-0.3, -0.25) is 14.4 Å². The quantitative estimate of drug-likeness (QED) is 0.0893. The van der Waals surface area contributed by atoms with Crippen LogP contribution in [-0.2, 0) is 32.0 Å². The summed E-state index contributed by atoms with van der Waals surface area (Å²) in [5.41, 5.74) is 1.16. The second-order valence-electron chi connectivity index (χ2n) is 12.5. The van der Waals surface area contributed by atoms with Crippen LogP contribution in [0.25, 0.3) is 6.08 Å². The Hall–Kier alpha value is -5.34. The number of fused-ring (bicyclic) bond motifs is 1. The minimum Gasteiger partial charge on any atom is -0.465 e. The molecule has 12 nitrogen and oxygen atoms in total. The van der Waals surface area contributed by atoms with Crippen molar-refractivity contribution in [3.63, 3.8) is 0 Å². The number of thioether (sulfide) groups is 1. The number of hydrogen-bond acceptors (Lipinski definition) is 10. The normalized spacial score (nSPS) is 13.4. The van der Waals surface area contributed by atoms with Gasteiger partial charge in [-0.2, -0.15) is 0 Å². The third kappa shape index (κ3) is 9.67. The predicted molar refractivity (Wildman–Crippen MR) is 196 cm³/mol. The zero-order chi connectivity index (χ0) is 36.7. The van der Waals surface area contributed by atoms with Gasteiger partial charge in [-0.25, -0.2) is 9.59 Å². The highest BCUT2D eigenvalue weighted by molar-refractivity contribution is 8.00. The summed E-state index contributed by atoms with van der Waals surface area (Å²) in [4.78, 5) is 68.3. The molecule has 0 spiro atoms. The number of methoxy groups -OCH3 is 1. The fraction of sp³-hybridized carbons (Fsp3) is 0.270. The molecule has 1 aliphatic rings.